The fourth-order valence-corrected chi connectivity index (χ4v) is 2.55. The number of hydrogen-bond donors (Lipinski definition) is 1. The van der Waals surface area contributed by atoms with Crippen LogP contribution >= 0.6 is 0 Å². The molecular formula is C14H14N2O4S. The molecule has 0 spiro atoms. The maximum absolute atomic E-state index is 12.0. The van der Waals surface area contributed by atoms with Gasteiger partial charge in [-0.05, 0) is 43.3 Å². The van der Waals surface area contributed by atoms with Gasteiger partial charge in [0.05, 0.1) is 11.5 Å². The van der Waals surface area contributed by atoms with Gasteiger partial charge >= 0.3 is 0 Å². The number of nitrogens with one attached hydrogen (secondary N) is 1. The zero-order chi connectivity index (χ0) is 15.3. The standard InChI is InChI=1S/C14H14N2O4S/c1-2-20-21(18,19)13-5-3-11(4-6-13)14(17)16-12-7-9-15-10-8-12/h3-10H,2H2,1H3,(H,15,16,17). The van der Waals surface area contributed by atoms with Crippen LogP contribution < -0.4 is 5.32 Å². The smallest absolute Gasteiger partial charge is 0.296 e. The lowest BCUT2D eigenvalue weighted by Crippen LogP contribution is -2.12. The van der Waals surface area contributed by atoms with Crippen molar-refractivity contribution in [3.63, 3.8) is 0 Å². The number of carbonyl (C=O) groups is 1. The molecule has 0 atom stereocenters. The highest BCUT2D eigenvalue weighted by molar-refractivity contribution is 7.86. The average Bonchev–Trinajstić information content (AvgIpc) is 2.48. The molecule has 2 rings (SSSR count). The molecule has 110 valence electrons. The van der Waals surface area contributed by atoms with E-state index in [-0.39, 0.29) is 17.4 Å². The Hall–Kier alpha value is -2.25. The molecule has 0 aliphatic heterocycles. The highest BCUT2D eigenvalue weighted by Gasteiger charge is 2.15. The number of rotatable bonds is 5. The minimum absolute atomic E-state index is 0.0183. The minimum atomic E-state index is -3.75. The maximum Gasteiger partial charge on any atom is 0.296 e. The average molecular weight is 306 g/mol. The van der Waals surface area contributed by atoms with Crippen molar-refractivity contribution < 1.29 is 17.4 Å². The van der Waals surface area contributed by atoms with Crippen molar-refractivity contribution in [2.75, 3.05) is 11.9 Å². The van der Waals surface area contributed by atoms with Crippen molar-refractivity contribution in [2.24, 2.45) is 0 Å². The Kier molecular flexibility index (Phi) is 4.66. The summed E-state index contributed by atoms with van der Waals surface area (Å²) in [4.78, 5) is 15.9. The van der Waals surface area contributed by atoms with Gasteiger partial charge < -0.3 is 5.32 Å². The van der Waals surface area contributed by atoms with E-state index in [0.29, 0.717) is 11.3 Å². The fourth-order valence-electron chi connectivity index (χ4n) is 1.63. The number of amides is 1. The van der Waals surface area contributed by atoms with E-state index in [1.807, 2.05) is 0 Å². The van der Waals surface area contributed by atoms with Gasteiger partial charge in [-0.3, -0.25) is 14.0 Å². The molecule has 1 aromatic carbocycles. The van der Waals surface area contributed by atoms with E-state index in [1.165, 1.54) is 24.3 Å². The van der Waals surface area contributed by atoms with Crippen LogP contribution in [0, 0.1) is 0 Å². The molecule has 0 bridgehead atoms. The second kappa shape index (κ2) is 6.47. The van der Waals surface area contributed by atoms with Crippen LogP contribution in [-0.2, 0) is 14.3 Å². The van der Waals surface area contributed by atoms with Crippen LogP contribution in [0.4, 0.5) is 5.69 Å². The van der Waals surface area contributed by atoms with Gasteiger partial charge in [0.2, 0.25) is 0 Å². The van der Waals surface area contributed by atoms with E-state index in [1.54, 1.807) is 31.5 Å². The quantitative estimate of drug-likeness (QED) is 0.855. The second-order valence-electron chi connectivity index (χ2n) is 4.08. The van der Waals surface area contributed by atoms with Crippen LogP contribution in [0.2, 0.25) is 0 Å². The lowest BCUT2D eigenvalue weighted by molar-refractivity contribution is 0.102. The third kappa shape index (κ3) is 3.87. The summed E-state index contributed by atoms with van der Waals surface area (Å²) in [5, 5.41) is 2.68. The van der Waals surface area contributed by atoms with E-state index in [0.717, 1.165) is 0 Å². The van der Waals surface area contributed by atoms with Crippen molar-refractivity contribution in [3.05, 3.63) is 54.4 Å². The summed E-state index contributed by atoms with van der Waals surface area (Å²) in [5.74, 6) is -0.332. The molecule has 7 heteroatoms. The van der Waals surface area contributed by atoms with Gasteiger partial charge in [0.1, 0.15) is 0 Å². The summed E-state index contributed by atoms with van der Waals surface area (Å²) < 4.78 is 28.0. The van der Waals surface area contributed by atoms with E-state index in [2.05, 4.69) is 14.5 Å². The molecule has 0 saturated carbocycles. The van der Waals surface area contributed by atoms with E-state index in [4.69, 9.17) is 0 Å². The monoisotopic (exact) mass is 306 g/mol. The predicted molar refractivity (Wildman–Crippen MR) is 77.4 cm³/mol. The topological polar surface area (TPSA) is 85.4 Å². The van der Waals surface area contributed by atoms with E-state index in [9.17, 15) is 13.2 Å². The summed E-state index contributed by atoms with van der Waals surface area (Å²) in [6.07, 6.45) is 3.13. The maximum atomic E-state index is 12.0. The highest BCUT2D eigenvalue weighted by atomic mass is 32.2. The summed E-state index contributed by atoms with van der Waals surface area (Å²) in [5.41, 5.74) is 0.961. The van der Waals surface area contributed by atoms with Crippen LogP contribution in [0.25, 0.3) is 0 Å². The second-order valence-corrected chi connectivity index (χ2v) is 5.69. The number of carbonyl (C=O) groups excluding carboxylic acids is 1. The molecule has 0 aliphatic carbocycles. The van der Waals surface area contributed by atoms with E-state index < -0.39 is 10.1 Å². The zero-order valence-corrected chi connectivity index (χ0v) is 12.1. The SMILES string of the molecule is CCOS(=O)(=O)c1ccc(C(=O)Nc2ccncc2)cc1. The summed E-state index contributed by atoms with van der Waals surface area (Å²) >= 11 is 0. The summed E-state index contributed by atoms with van der Waals surface area (Å²) in [7, 11) is -3.75. The van der Waals surface area contributed by atoms with Crippen LogP contribution in [0.3, 0.4) is 0 Å². The number of nitrogens with zero attached hydrogens (tertiary/aromatic N) is 1. The van der Waals surface area contributed by atoms with Gasteiger partial charge in [0, 0.05) is 23.6 Å². The molecule has 0 aliphatic rings. The molecule has 1 heterocycles. The molecule has 1 amide bonds. The Bertz CT molecular complexity index is 712. The predicted octanol–water partition coefficient (Wildman–Crippen LogP) is 2.06. The van der Waals surface area contributed by atoms with Crippen LogP contribution in [-0.4, -0.2) is 25.9 Å². The third-order valence-electron chi connectivity index (χ3n) is 2.62. The molecular weight excluding hydrogens is 292 g/mol. The fraction of sp³-hybridized carbons (Fsp3) is 0.143. The van der Waals surface area contributed by atoms with Gasteiger partial charge in [-0.2, -0.15) is 8.42 Å². The van der Waals surface area contributed by atoms with Crippen LogP contribution in [0.15, 0.2) is 53.7 Å². The summed E-state index contributed by atoms with van der Waals surface area (Å²) in [6, 6.07) is 8.86. The first-order valence-corrected chi connectivity index (χ1v) is 7.64. The molecule has 1 aromatic heterocycles. The van der Waals surface area contributed by atoms with Gasteiger partial charge in [0.15, 0.2) is 0 Å². The largest absolute Gasteiger partial charge is 0.322 e. The Morgan fingerprint density at radius 1 is 1.14 bits per heavy atom. The first-order valence-electron chi connectivity index (χ1n) is 6.24. The molecule has 0 unspecified atom stereocenters. The van der Waals surface area contributed by atoms with Crippen molar-refractivity contribution in [3.8, 4) is 0 Å². The lowest BCUT2D eigenvalue weighted by Gasteiger charge is -2.06. The first-order chi connectivity index (χ1) is 10.0. The number of hydrogen-bond acceptors (Lipinski definition) is 5. The highest BCUT2D eigenvalue weighted by Crippen LogP contribution is 2.14. The van der Waals surface area contributed by atoms with Crippen molar-refractivity contribution in [1.82, 2.24) is 4.98 Å². The Morgan fingerprint density at radius 2 is 1.76 bits per heavy atom. The Morgan fingerprint density at radius 3 is 2.33 bits per heavy atom. The molecule has 1 N–H and O–H groups in total. The molecule has 0 saturated heterocycles. The molecule has 21 heavy (non-hydrogen) atoms. The first kappa shape index (κ1) is 15.1. The Balaban J connectivity index is 2.14. The zero-order valence-electron chi connectivity index (χ0n) is 11.3. The van der Waals surface area contributed by atoms with E-state index >= 15 is 0 Å². The van der Waals surface area contributed by atoms with Crippen LogP contribution in [0.1, 0.15) is 17.3 Å². The number of anilines is 1. The normalized spacial score (nSPS) is 11.1. The Labute approximate surface area is 122 Å². The number of aromatic nitrogens is 1. The van der Waals surface area contributed by atoms with Crippen molar-refractivity contribution >= 4 is 21.7 Å². The van der Waals surface area contributed by atoms with Gasteiger partial charge in [-0.25, -0.2) is 0 Å². The van der Waals surface area contributed by atoms with Gasteiger partial charge in [-0.15, -0.1) is 0 Å². The van der Waals surface area contributed by atoms with Gasteiger partial charge in [-0.1, -0.05) is 0 Å². The third-order valence-corrected chi connectivity index (χ3v) is 4.01. The lowest BCUT2D eigenvalue weighted by atomic mass is 10.2. The van der Waals surface area contributed by atoms with Crippen LogP contribution in [0.5, 0.6) is 0 Å². The minimum Gasteiger partial charge on any atom is -0.322 e. The number of benzene rings is 1. The van der Waals surface area contributed by atoms with Crippen molar-refractivity contribution in [1.29, 1.82) is 0 Å². The molecule has 2 aromatic rings. The molecule has 0 fully saturated rings. The molecule has 0 radical (unpaired) electrons. The number of pyridine rings is 1. The van der Waals surface area contributed by atoms with Gasteiger partial charge in [0.25, 0.3) is 16.0 Å². The molecule has 6 nitrogen and oxygen atoms in total. The van der Waals surface area contributed by atoms with Crippen molar-refractivity contribution in [2.45, 2.75) is 11.8 Å². The summed E-state index contributed by atoms with van der Waals surface area (Å²) in [6.45, 7) is 1.65.